The molecule has 1 fully saturated rings. The maximum absolute atomic E-state index is 12.8. The third-order valence-electron chi connectivity index (χ3n) is 4.76. The molecule has 2 rings (SSSR count). The van der Waals surface area contributed by atoms with Crippen molar-refractivity contribution in [1.29, 1.82) is 0 Å². The Morgan fingerprint density at radius 1 is 1.41 bits per heavy atom. The van der Waals surface area contributed by atoms with Crippen LogP contribution in [-0.4, -0.2) is 52.6 Å². The summed E-state index contributed by atoms with van der Waals surface area (Å²) in [5.41, 5.74) is 1.15. The monoisotopic (exact) mass is 304 g/mol. The second-order valence-electron chi connectivity index (χ2n) is 6.34. The minimum atomic E-state index is -0.326. The summed E-state index contributed by atoms with van der Waals surface area (Å²) in [5.74, 6) is 0.471. The third kappa shape index (κ3) is 4.08. The standard InChI is InChI=1S/C18H28N2O2/c1-4-19(12-16-8-6-5-7-9-16)18(22)15(3)20-11-10-14(2)17(21)13-20/h5-9,14-15,17,21H,4,10-13H2,1-3H3. The molecule has 0 radical (unpaired) electrons. The number of aliphatic hydroxyl groups excluding tert-OH is 1. The van der Waals surface area contributed by atoms with E-state index in [0.29, 0.717) is 25.6 Å². The molecule has 4 heteroatoms. The molecule has 4 nitrogen and oxygen atoms in total. The zero-order chi connectivity index (χ0) is 16.1. The Hall–Kier alpha value is -1.39. The van der Waals surface area contributed by atoms with Gasteiger partial charge in [-0.2, -0.15) is 0 Å². The van der Waals surface area contributed by atoms with Gasteiger partial charge in [-0.05, 0) is 38.3 Å². The zero-order valence-corrected chi connectivity index (χ0v) is 13.9. The SMILES string of the molecule is CCN(Cc1ccccc1)C(=O)C(C)N1CCC(C)C(O)C1. The number of likely N-dealkylation sites (tertiary alicyclic amines) is 1. The molecule has 1 heterocycles. The summed E-state index contributed by atoms with van der Waals surface area (Å²) >= 11 is 0. The molecule has 1 aromatic rings. The molecular weight excluding hydrogens is 276 g/mol. The summed E-state index contributed by atoms with van der Waals surface area (Å²) in [4.78, 5) is 16.8. The van der Waals surface area contributed by atoms with Gasteiger partial charge < -0.3 is 10.0 Å². The van der Waals surface area contributed by atoms with E-state index in [4.69, 9.17) is 0 Å². The first-order valence-electron chi connectivity index (χ1n) is 8.27. The van der Waals surface area contributed by atoms with Crippen LogP contribution >= 0.6 is 0 Å². The molecule has 1 amide bonds. The fraction of sp³-hybridized carbons (Fsp3) is 0.611. The summed E-state index contributed by atoms with van der Waals surface area (Å²) < 4.78 is 0. The first kappa shape index (κ1) is 17.0. The second kappa shape index (κ2) is 7.75. The van der Waals surface area contributed by atoms with Gasteiger partial charge in [0.15, 0.2) is 0 Å². The molecule has 3 atom stereocenters. The molecule has 1 aliphatic heterocycles. The van der Waals surface area contributed by atoms with Crippen LogP contribution in [0.1, 0.15) is 32.8 Å². The fourth-order valence-corrected chi connectivity index (χ4v) is 2.99. The van der Waals surface area contributed by atoms with Gasteiger partial charge in [-0.3, -0.25) is 9.69 Å². The number of carbonyl (C=O) groups excluding carboxylic acids is 1. The van der Waals surface area contributed by atoms with Crippen LogP contribution in [0.4, 0.5) is 0 Å². The van der Waals surface area contributed by atoms with Gasteiger partial charge in [0, 0.05) is 19.6 Å². The highest BCUT2D eigenvalue weighted by atomic mass is 16.3. The van der Waals surface area contributed by atoms with Crippen LogP contribution < -0.4 is 0 Å². The second-order valence-corrected chi connectivity index (χ2v) is 6.34. The molecule has 3 unspecified atom stereocenters. The average molecular weight is 304 g/mol. The number of β-amino-alcohol motifs (C(OH)–C–C–N with tert-alkyl or cyclic N) is 1. The minimum absolute atomic E-state index is 0.146. The van der Waals surface area contributed by atoms with Gasteiger partial charge in [-0.1, -0.05) is 37.3 Å². The predicted octanol–water partition coefficient (Wildman–Crippen LogP) is 2.13. The maximum Gasteiger partial charge on any atom is 0.239 e. The van der Waals surface area contributed by atoms with E-state index >= 15 is 0 Å². The molecule has 0 aliphatic carbocycles. The molecule has 0 bridgehead atoms. The largest absolute Gasteiger partial charge is 0.392 e. The van der Waals surface area contributed by atoms with Crippen molar-refractivity contribution < 1.29 is 9.90 Å². The summed E-state index contributed by atoms with van der Waals surface area (Å²) in [5, 5.41) is 10.0. The third-order valence-corrected chi connectivity index (χ3v) is 4.76. The molecule has 0 saturated carbocycles. The van der Waals surface area contributed by atoms with Crippen molar-refractivity contribution in [2.75, 3.05) is 19.6 Å². The lowest BCUT2D eigenvalue weighted by Crippen LogP contribution is -2.53. The summed E-state index contributed by atoms with van der Waals surface area (Å²) in [6.45, 7) is 8.87. The number of benzene rings is 1. The molecule has 0 aromatic heterocycles. The van der Waals surface area contributed by atoms with Crippen molar-refractivity contribution in [2.24, 2.45) is 5.92 Å². The summed E-state index contributed by atoms with van der Waals surface area (Å²) in [7, 11) is 0. The molecule has 1 N–H and O–H groups in total. The van der Waals surface area contributed by atoms with E-state index in [2.05, 4.69) is 11.8 Å². The van der Waals surface area contributed by atoms with Crippen LogP contribution in [0.3, 0.4) is 0 Å². The van der Waals surface area contributed by atoms with E-state index < -0.39 is 0 Å². The molecule has 1 aliphatic rings. The van der Waals surface area contributed by atoms with Crippen molar-refractivity contribution in [2.45, 2.75) is 45.9 Å². The van der Waals surface area contributed by atoms with Gasteiger partial charge in [0.2, 0.25) is 5.91 Å². The minimum Gasteiger partial charge on any atom is -0.392 e. The molecule has 22 heavy (non-hydrogen) atoms. The lowest BCUT2D eigenvalue weighted by atomic mass is 9.95. The van der Waals surface area contributed by atoms with E-state index in [-0.39, 0.29) is 18.1 Å². The quantitative estimate of drug-likeness (QED) is 0.906. The van der Waals surface area contributed by atoms with Crippen molar-refractivity contribution in [3.05, 3.63) is 35.9 Å². The Morgan fingerprint density at radius 2 is 2.09 bits per heavy atom. The van der Waals surface area contributed by atoms with Gasteiger partial charge in [0.1, 0.15) is 0 Å². The highest BCUT2D eigenvalue weighted by Crippen LogP contribution is 2.20. The number of piperidine rings is 1. The van der Waals surface area contributed by atoms with Gasteiger partial charge in [0.25, 0.3) is 0 Å². The number of likely N-dealkylation sites (N-methyl/N-ethyl adjacent to an activating group) is 1. The van der Waals surface area contributed by atoms with Crippen LogP contribution in [0.5, 0.6) is 0 Å². The van der Waals surface area contributed by atoms with Crippen LogP contribution in [-0.2, 0) is 11.3 Å². The number of aliphatic hydroxyl groups is 1. The predicted molar refractivity (Wildman–Crippen MR) is 88.4 cm³/mol. The van der Waals surface area contributed by atoms with Gasteiger partial charge in [0.05, 0.1) is 12.1 Å². The normalized spacial score (nSPS) is 24.0. The first-order chi connectivity index (χ1) is 10.5. The van der Waals surface area contributed by atoms with E-state index in [1.807, 2.05) is 49.1 Å². The molecule has 122 valence electrons. The zero-order valence-electron chi connectivity index (χ0n) is 13.9. The summed E-state index contributed by atoms with van der Waals surface area (Å²) in [6.07, 6.45) is 0.622. The number of carbonyl (C=O) groups is 1. The lowest BCUT2D eigenvalue weighted by molar-refractivity contribution is -0.138. The van der Waals surface area contributed by atoms with Crippen molar-refractivity contribution >= 4 is 5.91 Å². The number of amides is 1. The van der Waals surface area contributed by atoms with Crippen molar-refractivity contribution in [3.8, 4) is 0 Å². The first-order valence-corrected chi connectivity index (χ1v) is 8.27. The lowest BCUT2D eigenvalue weighted by Gasteiger charge is -2.38. The Balaban J connectivity index is 1.98. The number of hydrogen-bond acceptors (Lipinski definition) is 3. The Morgan fingerprint density at radius 3 is 2.68 bits per heavy atom. The maximum atomic E-state index is 12.8. The highest BCUT2D eigenvalue weighted by molar-refractivity contribution is 5.81. The molecule has 1 saturated heterocycles. The molecular formula is C18H28N2O2. The Bertz CT molecular complexity index is 477. The van der Waals surface area contributed by atoms with Crippen LogP contribution in [0.15, 0.2) is 30.3 Å². The topological polar surface area (TPSA) is 43.8 Å². The van der Waals surface area contributed by atoms with E-state index in [0.717, 1.165) is 18.5 Å². The van der Waals surface area contributed by atoms with E-state index in [1.54, 1.807) is 0 Å². The van der Waals surface area contributed by atoms with Gasteiger partial charge >= 0.3 is 0 Å². The van der Waals surface area contributed by atoms with Crippen LogP contribution in [0.25, 0.3) is 0 Å². The highest BCUT2D eigenvalue weighted by Gasteiger charge is 2.31. The van der Waals surface area contributed by atoms with Gasteiger partial charge in [-0.25, -0.2) is 0 Å². The fourth-order valence-electron chi connectivity index (χ4n) is 2.99. The Kier molecular flexibility index (Phi) is 5.98. The average Bonchev–Trinajstić information content (AvgIpc) is 2.54. The van der Waals surface area contributed by atoms with E-state index in [1.165, 1.54) is 0 Å². The number of hydrogen-bond donors (Lipinski definition) is 1. The van der Waals surface area contributed by atoms with Crippen molar-refractivity contribution in [1.82, 2.24) is 9.80 Å². The van der Waals surface area contributed by atoms with E-state index in [9.17, 15) is 9.90 Å². The van der Waals surface area contributed by atoms with Crippen molar-refractivity contribution in [3.63, 3.8) is 0 Å². The van der Waals surface area contributed by atoms with Gasteiger partial charge in [-0.15, -0.1) is 0 Å². The van der Waals surface area contributed by atoms with Crippen LogP contribution in [0.2, 0.25) is 0 Å². The number of rotatable bonds is 5. The molecule has 1 aromatic carbocycles. The van der Waals surface area contributed by atoms with Crippen LogP contribution in [0, 0.1) is 5.92 Å². The number of nitrogens with zero attached hydrogens (tertiary/aromatic N) is 2. The Labute approximate surface area is 133 Å². The smallest absolute Gasteiger partial charge is 0.239 e. The summed E-state index contributed by atoms with van der Waals surface area (Å²) in [6, 6.07) is 9.91. The molecule has 0 spiro atoms.